The third-order valence-corrected chi connectivity index (χ3v) is 8.26. The van der Waals surface area contributed by atoms with Gasteiger partial charge >= 0.3 is 0 Å². The first kappa shape index (κ1) is 27.8. The zero-order valence-electron chi connectivity index (χ0n) is 23.8. The van der Waals surface area contributed by atoms with E-state index >= 15 is 0 Å². The first-order valence-electron chi connectivity index (χ1n) is 14.3. The molecule has 5 N–H and O–H groups in total. The van der Waals surface area contributed by atoms with Crippen molar-refractivity contribution in [3.8, 4) is 40.2 Å². The number of nitrogens with one attached hydrogen (secondary N) is 2. The van der Waals surface area contributed by atoms with Crippen molar-refractivity contribution in [1.82, 2.24) is 10.6 Å². The van der Waals surface area contributed by atoms with Crippen LogP contribution in [0.3, 0.4) is 0 Å². The molecular weight excluding hydrogens is 532 g/mol. The van der Waals surface area contributed by atoms with E-state index in [1.54, 1.807) is 32.4 Å². The molecule has 0 saturated carbocycles. The number of phenolic OH excluding ortho intramolecular Hbond substituents is 3. The highest BCUT2D eigenvalue weighted by molar-refractivity contribution is 5.51. The summed E-state index contributed by atoms with van der Waals surface area (Å²) in [6.07, 6.45) is 3.18. The van der Waals surface area contributed by atoms with Gasteiger partial charge in [-0.1, -0.05) is 18.2 Å². The summed E-state index contributed by atoms with van der Waals surface area (Å²) in [5, 5.41) is 38.3. The van der Waals surface area contributed by atoms with Crippen molar-refractivity contribution in [1.29, 1.82) is 0 Å². The molecule has 2 aliphatic rings. The Labute approximate surface area is 245 Å². The highest BCUT2D eigenvalue weighted by atomic mass is 16.5. The van der Waals surface area contributed by atoms with E-state index in [9.17, 15) is 15.3 Å². The standard InChI is InChI=1S/C34H36N2O6/c1-40-32-16-22-9-11-35-27(25(22)18-30(32)38)13-20-3-6-24(7-4-20)42-34-15-21(5-8-29(34)37)14-28-26-19-31(39)33(41-2)17-23(26)10-12-36-28/h3-8,15-19,27-28,35-39H,9-14H2,1-2H3/t27-,28-/m0/s1. The van der Waals surface area contributed by atoms with Crippen molar-refractivity contribution in [2.24, 2.45) is 0 Å². The van der Waals surface area contributed by atoms with Crippen LogP contribution < -0.4 is 24.8 Å². The Morgan fingerprint density at radius 2 is 1.14 bits per heavy atom. The summed E-state index contributed by atoms with van der Waals surface area (Å²) < 4.78 is 16.7. The molecule has 0 fully saturated rings. The molecule has 2 atom stereocenters. The topological polar surface area (TPSA) is 112 Å². The van der Waals surface area contributed by atoms with Gasteiger partial charge in [-0.15, -0.1) is 0 Å². The zero-order valence-corrected chi connectivity index (χ0v) is 23.8. The largest absolute Gasteiger partial charge is 0.504 e. The van der Waals surface area contributed by atoms with Gasteiger partial charge in [0.25, 0.3) is 0 Å². The minimum absolute atomic E-state index is 0.0174. The van der Waals surface area contributed by atoms with Gasteiger partial charge in [0, 0.05) is 12.1 Å². The summed E-state index contributed by atoms with van der Waals surface area (Å²) in [4.78, 5) is 0. The van der Waals surface area contributed by atoms with E-state index in [2.05, 4.69) is 10.6 Å². The number of benzene rings is 4. The number of phenols is 3. The molecule has 0 bridgehead atoms. The second-order valence-electron chi connectivity index (χ2n) is 10.9. The lowest BCUT2D eigenvalue weighted by Crippen LogP contribution is -2.31. The van der Waals surface area contributed by atoms with E-state index in [1.165, 1.54) is 5.56 Å². The summed E-state index contributed by atoms with van der Waals surface area (Å²) >= 11 is 0. The number of ether oxygens (including phenoxy) is 3. The van der Waals surface area contributed by atoms with Crippen molar-refractivity contribution >= 4 is 0 Å². The maximum absolute atomic E-state index is 10.6. The molecule has 2 aliphatic heterocycles. The maximum atomic E-state index is 10.6. The molecule has 0 amide bonds. The van der Waals surface area contributed by atoms with Crippen molar-refractivity contribution in [3.05, 3.63) is 100 Å². The number of rotatable bonds is 8. The van der Waals surface area contributed by atoms with Crippen LogP contribution in [0.25, 0.3) is 0 Å². The monoisotopic (exact) mass is 568 g/mol. The van der Waals surface area contributed by atoms with Gasteiger partial charge in [-0.2, -0.15) is 0 Å². The van der Waals surface area contributed by atoms with E-state index in [1.807, 2.05) is 48.5 Å². The Morgan fingerprint density at radius 1 is 0.619 bits per heavy atom. The fourth-order valence-electron chi connectivity index (χ4n) is 6.07. The van der Waals surface area contributed by atoms with Crippen LogP contribution >= 0.6 is 0 Å². The Bertz CT molecular complexity index is 1590. The Morgan fingerprint density at radius 3 is 1.69 bits per heavy atom. The minimum atomic E-state index is 0.0174. The molecule has 0 aliphatic carbocycles. The fourth-order valence-corrected chi connectivity index (χ4v) is 6.07. The maximum Gasteiger partial charge on any atom is 0.169 e. The molecule has 0 radical (unpaired) electrons. The molecule has 4 aromatic rings. The van der Waals surface area contributed by atoms with E-state index < -0.39 is 0 Å². The van der Waals surface area contributed by atoms with Gasteiger partial charge in [-0.3, -0.25) is 0 Å². The smallest absolute Gasteiger partial charge is 0.169 e. The summed E-state index contributed by atoms with van der Waals surface area (Å²) in [6, 6.07) is 20.8. The third kappa shape index (κ3) is 5.68. The lowest BCUT2D eigenvalue weighted by molar-refractivity contribution is 0.370. The molecule has 218 valence electrons. The number of aromatic hydroxyl groups is 3. The van der Waals surface area contributed by atoms with E-state index in [0.29, 0.717) is 29.4 Å². The molecule has 8 nitrogen and oxygen atoms in total. The number of hydrogen-bond donors (Lipinski definition) is 5. The number of hydrogen-bond acceptors (Lipinski definition) is 8. The molecule has 0 spiro atoms. The minimum Gasteiger partial charge on any atom is -0.504 e. The van der Waals surface area contributed by atoms with Crippen LogP contribution in [-0.4, -0.2) is 42.6 Å². The van der Waals surface area contributed by atoms with Gasteiger partial charge < -0.3 is 40.2 Å². The van der Waals surface area contributed by atoms with Crippen LogP contribution in [0.1, 0.15) is 45.5 Å². The van der Waals surface area contributed by atoms with E-state index in [0.717, 1.165) is 60.2 Å². The Balaban J connectivity index is 1.15. The SMILES string of the molecule is COc1cc2c(cc1O)[C@H](Cc1ccc(Oc3cc(C[C@@H]4NCCc5cc(OC)c(O)cc54)ccc3O)cc1)NCC2. The molecule has 6 rings (SSSR count). The first-order chi connectivity index (χ1) is 20.4. The number of methoxy groups -OCH3 is 2. The second kappa shape index (κ2) is 11.8. The van der Waals surface area contributed by atoms with Gasteiger partial charge in [0.1, 0.15) is 5.75 Å². The first-order valence-corrected chi connectivity index (χ1v) is 14.3. The third-order valence-electron chi connectivity index (χ3n) is 8.26. The van der Waals surface area contributed by atoms with Crippen LogP contribution in [-0.2, 0) is 25.7 Å². The summed E-state index contributed by atoms with van der Waals surface area (Å²) in [5.41, 5.74) is 6.62. The average Bonchev–Trinajstić information content (AvgIpc) is 3.00. The van der Waals surface area contributed by atoms with Crippen LogP contribution in [0.2, 0.25) is 0 Å². The van der Waals surface area contributed by atoms with Crippen LogP contribution in [0.5, 0.6) is 40.2 Å². The lowest BCUT2D eigenvalue weighted by atomic mass is 9.89. The van der Waals surface area contributed by atoms with Gasteiger partial charge in [0.15, 0.2) is 34.5 Å². The lowest BCUT2D eigenvalue weighted by Gasteiger charge is -2.28. The molecule has 4 aromatic carbocycles. The van der Waals surface area contributed by atoms with Gasteiger partial charge in [0.2, 0.25) is 0 Å². The summed E-state index contributed by atoms with van der Waals surface area (Å²) in [7, 11) is 3.12. The number of fused-ring (bicyclic) bond motifs is 2. The molecule has 0 saturated heterocycles. The molecular formula is C34H36N2O6. The highest BCUT2D eigenvalue weighted by Gasteiger charge is 2.24. The van der Waals surface area contributed by atoms with Crippen LogP contribution in [0.4, 0.5) is 0 Å². The van der Waals surface area contributed by atoms with E-state index in [4.69, 9.17) is 14.2 Å². The van der Waals surface area contributed by atoms with E-state index in [-0.39, 0.29) is 29.3 Å². The summed E-state index contributed by atoms with van der Waals surface area (Å²) in [6.45, 7) is 1.69. The quantitative estimate of drug-likeness (QED) is 0.190. The average molecular weight is 569 g/mol. The van der Waals surface area contributed by atoms with Gasteiger partial charge in [-0.25, -0.2) is 0 Å². The normalized spacial score (nSPS) is 17.7. The molecule has 8 heteroatoms. The molecule has 0 aromatic heterocycles. The summed E-state index contributed by atoms with van der Waals surface area (Å²) in [5.74, 6) is 2.36. The van der Waals surface area contributed by atoms with Crippen molar-refractivity contribution in [3.63, 3.8) is 0 Å². The zero-order chi connectivity index (χ0) is 29.2. The van der Waals surface area contributed by atoms with Gasteiger partial charge in [0.05, 0.1) is 14.2 Å². The predicted octanol–water partition coefficient (Wildman–Crippen LogP) is 5.47. The predicted molar refractivity (Wildman–Crippen MR) is 160 cm³/mol. The van der Waals surface area contributed by atoms with Crippen LogP contribution in [0, 0.1) is 0 Å². The highest BCUT2D eigenvalue weighted by Crippen LogP contribution is 2.38. The fraction of sp³-hybridized carbons (Fsp3) is 0.294. The van der Waals surface area contributed by atoms with Crippen molar-refractivity contribution < 1.29 is 29.5 Å². The van der Waals surface area contributed by atoms with Crippen LogP contribution in [0.15, 0.2) is 66.7 Å². The Kier molecular flexibility index (Phi) is 7.82. The van der Waals surface area contributed by atoms with Crippen molar-refractivity contribution in [2.75, 3.05) is 27.3 Å². The van der Waals surface area contributed by atoms with Gasteiger partial charge in [-0.05, 0) is 121 Å². The second-order valence-corrected chi connectivity index (χ2v) is 10.9. The van der Waals surface area contributed by atoms with Crippen molar-refractivity contribution in [2.45, 2.75) is 37.8 Å². The molecule has 42 heavy (non-hydrogen) atoms. The molecule has 2 heterocycles. The molecule has 0 unspecified atom stereocenters. The Hall–Kier alpha value is -4.40.